The van der Waals surface area contributed by atoms with E-state index in [4.69, 9.17) is 28.4 Å². The van der Waals surface area contributed by atoms with Gasteiger partial charge in [-0.2, -0.15) is 0 Å². The molecule has 24 bridgehead atoms. The van der Waals surface area contributed by atoms with Crippen LogP contribution in [0.1, 0.15) is 169 Å². The molecule has 0 saturated carbocycles. The lowest BCUT2D eigenvalue weighted by Gasteiger charge is -2.44. The normalized spacial score (nSPS) is 19.7. The lowest BCUT2D eigenvalue weighted by atomic mass is 9.60. The second-order valence-corrected chi connectivity index (χ2v) is 27.1. The van der Waals surface area contributed by atoms with E-state index in [1.54, 1.807) is 42.7 Å². The lowest BCUT2D eigenvalue weighted by molar-refractivity contribution is 0.399. The van der Waals surface area contributed by atoms with Gasteiger partial charge in [0.1, 0.15) is 34.5 Å². The van der Waals surface area contributed by atoms with Crippen molar-refractivity contribution in [2.45, 2.75) is 54.8 Å². The third kappa shape index (κ3) is 6.64. The number of ether oxygens (including phenoxy) is 6. The highest BCUT2D eigenvalue weighted by atomic mass is 79.9. The zero-order valence-corrected chi connectivity index (χ0v) is 54.2. The predicted molar refractivity (Wildman–Crippen MR) is 338 cm³/mol. The van der Waals surface area contributed by atoms with Crippen LogP contribution in [-0.4, -0.2) is 42.7 Å². The van der Waals surface area contributed by atoms with Gasteiger partial charge in [-0.1, -0.05) is 109 Å². The van der Waals surface area contributed by atoms with Crippen molar-refractivity contribution in [2.24, 2.45) is 0 Å². The Hall–Kier alpha value is -5.34. The Labute approximate surface area is 520 Å². The van der Waals surface area contributed by atoms with Crippen LogP contribution >= 0.6 is 95.6 Å². The van der Waals surface area contributed by atoms with Crippen molar-refractivity contribution in [2.75, 3.05) is 42.7 Å². The summed E-state index contributed by atoms with van der Waals surface area (Å²) in [6, 6.07) is 41.4. The zero-order valence-electron chi connectivity index (χ0n) is 44.7. The van der Waals surface area contributed by atoms with Gasteiger partial charge < -0.3 is 28.4 Å². The molecule has 0 saturated heterocycles. The van der Waals surface area contributed by atoms with Gasteiger partial charge >= 0.3 is 0 Å². The van der Waals surface area contributed by atoms with Crippen molar-refractivity contribution in [1.29, 1.82) is 0 Å². The molecule has 0 radical (unpaired) electrons. The number of halogens is 6. The average Bonchev–Trinajstić information content (AvgIpc) is 1.38. The minimum Gasteiger partial charge on any atom is -0.495 e. The number of methoxy groups -OCH3 is 6. The van der Waals surface area contributed by atoms with Crippen molar-refractivity contribution in [3.63, 3.8) is 0 Å². The molecule has 9 aromatic rings. The predicted octanol–water partition coefficient (Wildman–Crippen LogP) is 18.4. The Morgan fingerprint density at radius 3 is 0.531 bits per heavy atom. The molecular weight excluding hydrogens is 1400 g/mol. The van der Waals surface area contributed by atoms with E-state index >= 15 is 0 Å². The molecule has 0 heterocycles. The van der Waals surface area contributed by atoms with E-state index in [0.717, 1.165) is 94.7 Å². The fraction of sp³-hybridized carbons (Fsp3) is 0.217. The van der Waals surface area contributed by atoms with Gasteiger partial charge in [0, 0.05) is 88.2 Å². The number of benzene rings is 9. The molecular formula is C69H48Br6O6. The zero-order chi connectivity index (χ0) is 55.3. The highest BCUT2D eigenvalue weighted by Gasteiger charge is 2.50. The third-order valence-corrected chi connectivity index (χ3v) is 23.8. The smallest absolute Gasteiger partial charge is 0.136 e. The molecule has 12 heteroatoms. The van der Waals surface area contributed by atoms with Gasteiger partial charge in [0.15, 0.2) is 0 Å². The molecule has 402 valence electrons. The molecule has 6 atom stereocenters. The van der Waals surface area contributed by atoms with E-state index in [1.807, 2.05) is 0 Å². The molecule has 0 aliphatic heterocycles. The second-order valence-electron chi connectivity index (χ2n) is 22.3. The van der Waals surface area contributed by atoms with Crippen molar-refractivity contribution in [1.82, 2.24) is 0 Å². The van der Waals surface area contributed by atoms with Crippen LogP contribution < -0.4 is 28.4 Å². The van der Waals surface area contributed by atoms with E-state index in [2.05, 4.69) is 205 Å². The third-order valence-electron chi connectivity index (χ3n) is 19.0. The molecule has 32 aliphatic carbocycles. The summed E-state index contributed by atoms with van der Waals surface area (Å²) in [5.74, 6) is 4.29. The first-order valence-corrected chi connectivity index (χ1v) is 31.8. The monoisotopic (exact) mass is 1450 g/mol. The molecule has 32 aliphatic rings. The summed E-state index contributed by atoms with van der Waals surface area (Å²) in [6.45, 7) is 0. The Kier molecular flexibility index (Phi) is 11.8. The van der Waals surface area contributed by atoms with Crippen LogP contribution in [0.2, 0.25) is 0 Å². The minimum atomic E-state index is -0.102. The van der Waals surface area contributed by atoms with E-state index < -0.39 is 0 Å². The number of hydrogen-bond donors (Lipinski definition) is 0. The van der Waals surface area contributed by atoms with E-state index in [1.165, 1.54) is 100 Å². The first kappa shape index (κ1) is 51.3. The van der Waals surface area contributed by atoms with Crippen molar-refractivity contribution in [3.8, 4) is 34.5 Å². The maximum absolute atomic E-state index is 6.57. The summed E-state index contributed by atoms with van der Waals surface area (Å²) in [5, 5.41) is 0. The quantitative estimate of drug-likeness (QED) is 0.165. The molecule has 9 aromatic carbocycles. The van der Waals surface area contributed by atoms with Crippen LogP contribution in [0.4, 0.5) is 0 Å². The molecule has 6 nitrogen and oxygen atoms in total. The minimum absolute atomic E-state index is 0.102. The summed E-state index contributed by atoms with van der Waals surface area (Å²) in [7, 11) is 10.8. The number of hydrogen-bond acceptors (Lipinski definition) is 6. The highest BCUT2D eigenvalue weighted by Crippen LogP contribution is 2.67. The highest BCUT2D eigenvalue weighted by molar-refractivity contribution is 9.11. The van der Waals surface area contributed by atoms with E-state index in [9.17, 15) is 0 Å². The molecule has 41 rings (SSSR count). The van der Waals surface area contributed by atoms with E-state index in [-0.39, 0.29) is 35.5 Å². The second kappa shape index (κ2) is 18.6. The standard InChI is InChI=1S/C69H48Br6O6/c1-76-64-28-19-29-23-42-48-36-15-9-10-16-37(36)49(54(42)59(71)65(29)77-2)43-26-32(68(80-5)61(73)55(43)48)21-33-27-45-51-39-18-12-11-17-38(39)50(57(45)63(75)69(33)81-6)44-25-31(67(79-4)62(74)56(44)51)20-30-24-41-46-34-13-7-8-14-35(34)47(40(22-28)52(46)58(64)70)53(41)60(72)66(30)78-3/h7-18,22-27,46-51H,19-21H2,1-6H3/t46-,47-,48-,49-,50-,51-/m0/s1. The molecule has 0 unspecified atom stereocenters. The van der Waals surface area contributed by atoms with Gasteiger partial charge in [-0.25, -0.2) is 0 Å². The largest absolute Gasteiger partial charge is 0.495 e. The molecule has 0 aromatic heterocycles. The summed E-state index contributed by atoms with van der Waals surface area (Å²) < 4.78 is 45.2. The van der Waals surface area contributed by atoms with Gasteiger partial charge in [-0.3, -0.25) is 0 Å². The SMILES string of the molecule is COc1c2cc3c(c1Br)[C@H]1c4ccccc4[C@@H]3c3c1cc(c(OC)c3Br)Cc1cc3c(c(Br)c1OC)[C@H]1c4ccccc4[C@@H]3c3c1cc(c(OC)c3Br)Cc1cc3c(c(Br)c1OC)[C@H]1c4ccccc4[C@@H]3c3c1cc(c(OC)c3Br)C2. The van der Waals surface area contributed by atoms with Crippen LogP contribution in [0.25, 0.3) is 0 Å². The van der Waals surface area contributed by atoms with Crippen molar-refractivity contribution >= 4 is 95.6 Å². The Morgan fingerprint density at radius 1 is 0.247 bits per heavy atom. The van der Waals surface area contributed by atoms with Crippen molar-refractivity contribution in [3.05, 3.63) is 270 Å². The summed E-state index contributed by atoms with van der Waals surface area (Å²) >= 11 is 25.7. The molecule has 0 N–H and O–H groups in total. The van der Waals surface area contributed by atoms with E-state index in [0.29, 0.717) is 19.3 Å². The van der Waals surface area contributed by atoms with Crippen LogP contribution in [0.3, 0.4) is 0 Å². The Balaban J connectivity index is 1.01. The Bertz CT molecular complexity index is 3660. The van der Waals surface area contributed by atoms with Gasteiger partial charge in [-0.15, -0.1) is 0 Å². The van der Waals surface area contributed by atoms with Crippen LogP contribution in [-0.2, 0) is 19.3 Å². The molecule has 0 amide bonds. The van der Waals surface area contributed by atoms with Crippen LogP contribution in [0.15, 0.2) is 136 Å². The average molecular weight is 1450 g/mol. The maximum atomic E-state index is 6.57. The number of rotatable bonds is 6. The first-order chi connectivity index (χ1) is 39.5. The fourth-order valence-electron chi connectivity index (χ4n) is 16.2. The van der Waals surface area contributed by atoms with Gasteiger partial charge in [-0.05, 0) is 196 Å². The van der Waals surface area contributed by atoms with Crippen LogP contribution in [0, 0.1) is 0 Å². The first-order valence-electron chi connectivity index (χ1n) is 27.1. The Morgan fingerprint density at radius 2 is 0.395 bits per heavy atom. The van der Waals surface area contributed by atoms with Gasteiger partial charge in [0.05, 0.1) is 69.5 Å². The molecule has 0 fully saturated rings. The summed E-state index contributed by atoms with van der Waals surface area (Å²) in [4.78, 5) is 0. The topological polar surface area (TPSA) is 55.4 Å². The van der Waals surface area contributed by atoms with Gasteiger partial charge in [0.25, 0.3) is 0 Å². The molecule has 0 spiro atoms. The summed E-state index contributed by atoms with van der Waals surface area (Å²) in [5.41, 5.74) is 29.0. The van der Waals surface area contributed by atoms with Crippen molar-refractivity contribution < 1.29 is 28.4 Å². The molecule has 81 heavy (non-hydrogen) atoms. The maximum Gasteiger partial charge on any atom is 0.136 e. The van der Waals surface area contributed by atoms with Gasteiger partial charge in [0.2, 0.25) is 0 Å². The van der Waals surface area contributed by atoms with Crippen LogP contribution in [0.5, 0.6) is 34.5 Å². The lowest BCUT2D eigenvalue weighted by Crippen LogP contribution is -2.29. The fourth-order valence-corrected chi connectivity index (χ4v) is 21.5. The summed E-state index contributed by atoms with van der Waals surface area (Å²) in [6.07, 6.45) is 1.66.